The predicted octanol–water partition coefficient (Wildman–Crippen LogP) is 2.04. The van der Waals surface area contributed by atoms with Gasteiger partial charge in [0, 0.05) is 25.2 Å². The van der Waals surface area contributed by atoms with Crippen LogP contribution >= 0.6 is 0 Å². The molecule has 1 aliphatic rings. The highest BCUT2D eigenvalue weighted by molar-refractivity contribution is 5.86. The molecule has 1 unspecified atom stereocenters. The number of nitrogens with zero attached hydrogens (tertiary/aromatic N) is 1. The smallest absolute Gasteiger partial charge is 0.305 e. The van der Waals surface area contributed by atoms with Gasteiger partial charge in [0.15, 0.2) is 0 Å². The van der Waals surface area contributed by atoms with E-state index in [9.17, 15) is 9.59 Å². The lowest BCUT2D eigenvalue weighted by molar-refractivity contribution is -0.143. The van der Waals surface area contributed by atoms with E-state index in [4.69, 9.17) is 9.84 Å². The summed E-state index contributed by atoms with van der Waals surface area (Å²) in [4.78, 5) is 25.1. The Hall–Kier alpha value is -2.86. The summed E-state index contributed by atoms with van der Waals surface area (Å²) >= 11 is 0. The Bertz CT molecular complexity index is 763. The van der Waals surface area contributed by atoms with Crippen LogP contribution in [0.25, 0.3) is 0 Å². The van der Waals surface area contributed by atoms with E-state index in [1.807, 2.05) is 59.5 Å². The van der Waals surface area contributed by atoms with Crippen LogP contribution < -0.4 is 10.1 Å². The molecule has 1 amide bonds. The molecule has 2 aromatic carbocycles. The highest BCUT2D eigenvalue weighted by atomic mass is 16.5. The average Bonchev–Trinajstić information content (AvgIpc) is 2.64. The van der Waals surface area contributed by atoms with Gasteiger partial charge in [-0.25, -0.2) is 0 Å². The highest BCUT2D eigenvalue weighted by Gasteiger charge is 2.31. The molecule has 0 aliphatic carbocycles. The molecule has 2 aromatic rings. The number of carboxylic acids is 1. The van der Waals surface area contributed by atoms with E-state index in [1.54, 1.807) is 0 Å². The van der Waals surface area contributed by atoms with E-state index in [0.717, 1.165) is 16.9 Å². The molecule has 1 atom stereocenters. The number of para-hydroxylation sites is 1. The topological polar surface area (TPSA) is 78.9 Å². The molecule has 0 saturated carbocycles. The van der Waals surface area contributed by atoms with E-state index >= 15 is 0 Å². The first-order chi connectivity index (χ1) is 12.6. The van der Waals surface area contributed by atoms with Gasteiger partial charge in [-0.05, 0) is 11.6 Å². The van der Waals surface area contributed by atoms with Crippen molar-refractivity contribution in [3.8, 4) is 5.75 Å². The molecule has 0 radical (unpaired) electrons. The van der Waals surface area contributed by atoms with Gasteiger partial charge in [0.2, 0.25) is 5.91 Å². The zero-order chi connectivity index (χ0) is 18.4. The fourth-order valence-corrected chi connectivity index (χ4v) is 3.07. The first-order valence-corrected chi connectivity index (χ1v) is 8.61. The maximum absolute atomic E-state index is 12.1. The number of hydrogen-bond donors (Lipinski definition) is 2. The van der Waals surface area contributed by atoms with Crippen molar-refractivity contribution in [2.75, 3.05) is 13.1 Å². The molecule has 1 fully saturated rings. The SMILES string of the molecule is O=C(O)CC1C(=O)NCCN1Cc1ccccc1OCc1ccccc1. The minimum atomic E-state index is -0.981. The third-order valence-electron chi connectivity index (χ3n) is 4.39. The molecule has 6 heteroatoms. The van der Waals surface area contributed by atoms with Gasteiger partial charge >= 0.3 is 5.97 Å². The molecule has 0 spiro atoms. The number of nitrogens with one attached hydrogen (secondary N) is 1. The number of carbonyl (C=O) groups excluding carboxylic acids is 1. The Balaban J connectivity index is 1.72. The number of hydrogen-bond acceptors (Lipinski definition) is 4. The van der Waals surface area contributed by atoms with Crippen LogP contribution in [0.4, 0.5) is 0 Å². The second-order valence-corrected chi connectivity index (χ2v) is 6.26. The van der Waals surface area contributed by atoms with Gasteiger partial charge in [-0.3, -0.25) is 14.5 Å². The maximum Gasteiger partial charge on any atom is 0.305 e. The number of ether oxygens (including phenoxy) is 1. The Kier molecular flexibility index (Phi) is 5.86. The summed E-state index contributed by atoms with van der Waals surface area (Å²) in [5, 5.41) is 11.8. The molecule has 136 valence electrons. The molecule has 2 N–H and O–H groups in total. The van der Waals surface area contributed by atoms with Crippen molar-refractivity contribution in [2.45, 2.75) is 25.6 Å². The zero-order valence-corrected chi connectivity index (χ0v) is 14.4. The number of carboxylic acid groups (broad SMARTS) is 1. The van der Waals surface area contributed by atoms with Crippen molar-refractivity contribution < 1.29 is 19.4 Å². The van der Waals surface area contributed by atoms with Gasteiger partial charge in [0.05, 0.1) is 6.42 Å². The van der Waals surface area contributed by atoms with Gasteiger partial charge in [-0.15, -0.1) is 0 Å². The number of piperazine rings is 1. The molecule has 0 bridgehead atoms. The second kappa shape index (κ2) is 8.49. The number of carbonyl (C=O) groups is 2. The van der Waals surface area contributed by atoms with Gasteiger partial charge in [-0.2, -0.15) is 0 Å². The third-order valence-corrected chi connectivity index (χ3v) is 4.39. The minimum Gasteiger partial charge on any atom is -0.489 e. The standard InChI is InChI=1S/C20H22N2O4/c23-19(24)12-17-20(25)21-10-11-22(17)13-16-8-4-5-9-18(16)26-14-15-6-2-1-3-7-15/h1-9,17H,10-14H2,(H,21,25)(H,23,24). The van der Waals surface area contributed by atoms with E-state index in [2.05, 4.69) is 5.32 Å². The normalized spacial score (nSPS) is 17.5. The second-order valence-electron chi connectivity index (χ2n) is 6.26. The van der Waals surface area contributed by atoms with Crippen molar-refractivity contribution in [1.29, 1.82) is 0 Å². The summed E-state index contributed by atoms with van der Waals surface area (Å²) in [5.74, 6) is -0.469. The van der Waals surface area contributed by atoms with Crippen molar-refractivity contribution in [3.05, 3.63) is 65.7 Å². The van der Waals surface area contributed by atoms with Gasteiger partial charge in [0.25, 0.3) is 0 Å². The molecule has 26 heavy (non-hydrogen) atoms. The summed E-state index contributed by atoms with van der Waals surface area (Å²) in [6, 6.07) is 16.9. The summed E-state index contributed by atoms with van der Waals surface area (Å²) < 4.78 is 5.96. The van der Waals surface area contributed by atoms with Crippen LogP contribution in [0.5, 0.6) is 5.75 Å². The monoisotopic (exact) mass is 354 g/mol. The molecule has 1 aliphatic heterocycles. The molecule has 1 saturated heterocycles. The van der Waals surface area contributed by atoms with Crippen LogP contribution in [-0.4, -0.2) is 41.0 Å². The lowest BCUT2D eigenvalue weighted by atomic mass is 10.1. The van der Waals surface area contributed by atoms with E-state index < -0.39 is 12.0 Å². The predicted molar refractivity (Wildman–Crippen MR) is 96.7 cm³/mol. The van der Waals surface area contributed by atoms with Gasteiger partial charge in [-0.1, -0.05) is 48.5 Å². The van der Waals surface area contributed by atoms with Crippen molar-refractivity contribution in [2.24, 2.45) is 0 Å². The molecule has 1 heterocycles. The number of aliphatic carboxylic acids is 1. The Morgan fingerprint density at radius 3 is 2.65 bits per heavy atom. The molecule has 6 nitrogen and oxygen atoms in total. The van der Waals surface area contributed by atoms with Crippen LogP contribution in [0.15, 0.2) is 54.6 Å². The van der Waals surface area contributed by atoms with Crippen LogP contribution in [-0.2, 0) is 22.7 Å². The van der Waals surface area contributed by atoms with Crippen LogP contribution in [0.3, 0.4) is 0 Å². The van der Waals surface area contributed by atoms with Crippen LogP contribution in [0, 0.1) is 0 Å². The van der Waals surface area contributed by atoms with Crippen LogP contribution in [0.2, 0.25) is 0 Å². The van der Waals surface area contributed by atoms with Crippen molar-refractivity contribution in [3.63, 3.8) is 0 Å². The molecular formula is C20H22N2O4. The lowest BCUT2D eigenvalue weighted by Gasteiger charge is -2.34. The summed E-state index contributed by atoms with van der Waals surface area (Å²) in [6.45, 7) is 2.05. The summed E-state index contributed by atoms with van der Waals surface area (Å²) in [7, 11) is 0. The van der Waals surface area contributed by atoms with Crippen LogP contribution in [0.1, 0.15) is 17.5 Å². The highest BCUT2D eigenvalue weighted by Crippen LogP contribution is 2.23. The Labute approximate surface area is 152 Å². The zero-order valence-electron chi connectivity index (χ0n) is 14.4. The fraction of sp³-hybridized carbons (Fsp3) is 0.300. The first kappa shape index (κ1) is 17.9. The largest absolute Gasteiger partial charge is 0.489 e. The van der Waals surface area contributed by atoms with E-state index in [1.165, 1.54) is 0 Å². The fourth-order valence-electron chi connectivity index (χ4n) is 3.07. The van der Waals surface area contributed by atoms with Gasteiger partial charge in [0.1, 0.15) is 18.4 Å². The molecule has 0 aromatic heterocycles. The van der Waals surface area contributed by atoms with E-state index in [-0.39, 0.29) is 12.3 Å². The Morgan fingerprint density at radius 2 is 1.88 bits per heavy atom. The molecule has 3 rings (SSSR count). The lowest BCUT2D eigenvalue weighted by Crippen LogP contribution is -2.55. The van der Waals surface area contributed by atoms with Crippen molar-refractivity contribution in [1.82, 2.24) is 10.2 Å². The average molecular weight is 354 g/mol. The van der Waals surface area contributed by atoms with Gasteiger partial charge < -0.3 is 15.2 Å². The summed E-state index contributed by atoms with van der Waals surface area (Å²) in [6.07, 6.45) is -0.209. The Morgan fingerprint density at radius 1 is 1.15 bits per heavy atom. The minimum absolute atomic E-state index is 0.209. The summed E-state index contributed by atoms with van der Waals surface area (Å²) in [5.41, 5.74) is 2.01. The van der Waals surface area contributed by atoms with E-state index in [0.29, 0.717) is 26.2 Å². The first-order valence-electron chi connectivity index (χ1n) is 8.61. The number of amides is 1. The quantitative estimate of drug-likeness (QED) is 0.796. The van der Waals surface area contributed by atoms with Crippen molar-refractivity contribution >= 4 is 11.9 Å². The number of rotatable bonds is 7. The molecular weight excluding hydrogens is 332 g/mol. The third kappa shape index (κ3) is 4.61. The maximum atomic E-state index is 12.1. The number of benzene rings is 2.